The minimum absolute atomic E-state index is 0.0635. The van der Waals surface area contributed by atoms with Crippen LogP contribution in [0.3, 0.4) is 0 Å². The Bertz CT molecular complexity index is 1790. The second kappa shape index (κ2) is 15.3. The summed E-state index contributed by atoms with van der Waals surface area (Å²) < 4.78 is 186. The molecule has 3 aromatic rings. The van der Waals surface area contributed by atoms with Gasteiger partial charge in [0.15, 0.2) is 0 Å². The summed E-state index contributed by atoms with van der Waals surface area (Å²) >= 11 is 0. The van der Waals surface area contributed by atoms with Gasteiger partial charge < -0.3 is 18.9 Å². The van der Waals surface area contributed by atoms with Crippen LogP contribution < -0.4 is 9.47 Å². The smallest absolute Gasteiger partial charge is 0.420 e. The van der Waals surface area contributed by atoms with Crippen LogP contribution in [0.2, 0.25) is 0 Å². The van der Waals surface area contributed by atoms with E-state index in [-0.39, 0.29) is 42.2 Å². The van der Waals surface area contributed by atoms with Crippen molar-refractivity contribution in [2.75, 3.05) is 20.3 Å². The number of halogens is 12. The molecule has 4 rings (SSSR count). The monoisotopic (exact) mass is 775 g/mol. The Morgan fingerprint density at radius 3 is 1.91 bits per heavy atom. The van der Waals surface area contributed by atoms with Gasteiger partial charge in [0, 0.05) is 12.0 Å². The third-order valence-corrected chi connectivity index (χ3v) is 8.09. The van der Waals surface area contributed by atoms with E-state index < -0.39 is 101 Å². The number of esters is 1. The topological polar surface area (TPSA) is 74.3 Å². The van der Waals surface area contributed by atoms with E-state index in [1.54, 1.807) is 6.92 Å². The molecule has 7 nitrogen and oxygen atoms in total. The van der Waals surface area contributed by atoms with Gasteiger partial charge in [-0.25, -0.2) is 4.79 Å². The number of hydrogen-bond donors (Lipinski definition) is 0. The first kappa shape index (κ1) is 40.9. The molecule has 1 unspecified atom stereocenters. The number of amides is 1. The van der Waals surface area contributed by atoms with Crippen molar-refractivity contribution in [2.24, 2.45) is 0 Å². The number of methoxy groups -OCH3 is 1. The highest BCUT2D eigenvalue weighted by atomic mass is 19.4. The SMILES string of the molecule is CCOC(=O)CCCOc1cc(-c2ccc(C(F)(F)F)cc2CN2C(=O)O[C@H](c3cc(C(F)(F)F)cc(C(F)(F)F)c3)C2C)c(OC)cc1C(F)(F)F. The fraction of sp³-hybridized carbons (Fsp3) is 0.412. The number of carbonyl (C=O) groups is 2. The van der Waals surface area contributed by atoms with Gasteiger partial charge in [-0.05, 0) is 79.4 Å². The van der Waals surface area contributed by atoms with Crippen molar-refractivity contribution in [3.05, 3.63) is 81.9 Å². The van der Waals surface area contributed by atoms with Crippen molar-refractivity contribution in [1.82, 2.24) is 4.90 Å². The van der Waals surface area contributed by atoms with Crippen LogP contribution in [-0.2, 0) is 45.5 Å². The van der Waals surface area contributed by atoms with Crippen molar-refractivity contribution in [3.8, 4) is 22.6 Å². The van der Waals surface area contributed by atoms with Crippen LogP contribution in [-0.4, -0.2) is 43.3 Å². The zero-order valence-electron chi connectivity index (χ0n) is 27.7. The number of nitrogens with zero attached hydrogens (tertiary/aromatic N) is 1. The van der Waals surface area contributed by atoms with E-state index in [1.807, 2.05) is 0 Å². The van der Waals surface area contributed by atoms with Crippen LogP contribution in [0.1, 0.15) is 66.2 Å². The minimum Gasteiger partial charge on any atom is -0.496 e. The van der Waals surface area contributed by atoms with Crippen LogP contribution in [0.25, 0.3) is 11.1 Å². The number of rotatable bonds is 11. The van der Waals surface area contributed by atoms with Crippen LogP contribution in [0.15, 0.2) is 48.5 Å². The summed E-state index contributed by atoms with van der Waals surface area (Å²) in [4.78, 5) is 25.5. The minimum atomic E-state index is -5.24. The molecule has 0 saturated carbocycles. The number of ether oxygens (including phenoxy) is 4. The van der Waals surface area contributed by atoms with Crippen molar-refractivity contribution in [2.45, 2.75) is 70.1 Å². The van der Waals surface area contributed by atoms with Crippen molar-refractivity contribution < 1.29 is 81.2 Å². The number of hydrogen-bond acceptors (Lipinski definition) is 6. The van der Waals surface area contributed by atoms with Gasteiger partial charge in [0.2, 0.25) is 0 Å². The van der Waals surface area contributed by atoms with Gasteiger partial charge in [0.1, 0.15) is 23.2 Å². The molecule has 1 heterocycles. The average Bonchev–Trinajstić information content (AvgIpc) is 3.33. The van der Waals surface area contributed by atoms with E-state index in [0.29, 0.717) is 30.3 Å². The highest BCUT2D eigenvalue weighted by Crippen LogP contribution is 2.46. The van der Waals surface area contributed by atoms with Gasteiger partial charge in [-0.15, -0.1) is 0 Å². The van der Waals surface area contributed by atoms with Gasteiger partial charge in [0.25, 0.3) is 0 Å². The molecule has 2 atom stereocenters. The Kier molecular flexibility index (Phi) is 11.8. The quantitative estimate of drug-likeness (QED) is 0.110. The molecular weight excluding hydrogens is 746 g/mol. The van der Waals surface area contributed by atoms with E-state index in [1.165, 1.54) is 6.92 Å². The predicted octanol–water partition coefficient (Wildman–Crippen LogP) is 10.2. The van der Waals surface area contributed by atoms with Crippen molar-refractivity contribution in [3.63, 3.8) is 0 Å². The molecule has 290 valence electrons. The predicted molar refractivity (Wildman–Crippen MR) is 160 cm³/mol. The Balaban J connectivity index is 1.79. The molecular formula is C34H29F12NO6. The third-order valence-electron chi connectivity index (χ3n) is 8.09. The van der Waals surface area contributed by atoms with E-state index in [4.69, 9.17) is 18.9 Å². The summed E-state index contributed by atoms with van der Waals surface area (Å²) in [7, 11) is 0.984. The number of cyclic esters (lactones) is 1. The lowest BCUT2D eigenvalue weighted by molar-refractivity contribution is -0.144. The van der Waals surface area contributed by atoms with E-state index >= 15 is 0 Å². The van der Waals surface area contributed by atoms with Gasteiger partial charge in [-0.2, -0.15) is 52.7 Å². The molecule has 0 N–H and O–H groups in total. The van der Waals surface area contributed by atoms with Crippen LogP contribution in [0.5, 0.6) is 11.5 Å². The molecule has 0 aliphatic carbocycles. The highest BCUT2D eigenvalue weighted by molar-refractivity contribution is 5.78. The summed E-state index contributed by atoms with van der Waals surface area (Å²) in [5.74, 6) is -1.92. The first-order valence-corrected chi connectivity index (χ1v) is 15.5. The second-order valence-electron chi connectivity index (χ2n) is 11.7. The Morgan fingerprint density at radius 1 is 0.774 bits per heavy atom. The lowest BCUT2D eigenvalue weighted by atomic mass is 9.93. The zero-order valence-corrected chi connectivity index (χ0v) is 27.7. The van der Waals surface area contributed by atoms with E-state index in [9.17, 15) is 62.3 Å². The molecule has 3 aromatic carbocycles. The first-order valence-electron chi connectivity index (χ1n) is 15.5. The molecule has 53 heavy (non-hydrogen) atoms. The van der Waals surface area contributed by atoms with Crippen molar-refractivity contribution in [1.29, 1.82) is 0 Å². The summed E-state index contributed by atoms with van der Waals surface area (Å²) in [6.45, 7) is 1.57. The molecule has 19 heteroatoms. The molecule has 1 fully saturated rings. The number of benzene rings is 3. The van der Waals surface area contributed by atoms with Crippen LogP contribution in [0, 0.1) is 0 Å². The normalized spacial score (nSPS) is 16.8. The maximum Gasteiger partial charge on any atom is 0.420 e. The molecule has 0 aromatic heterocycles. The summed E-state index contributed by atoms with van der Waals surface area (Å²) in [5, 5.41) is 0. The fourth-order valence-electron chi connectivity index (χ4n) is 5.56. The zero-order chi connectivity index (χ0) is 39.7. The maximum absolute atomic E-state index is 14.1. The second-order valence-corrected chi connectivity index (χ2v) is 11.7. The summed E-state index contributed by atoms with van der Waals surface area (Å²) in [6.07, 6.45) is -23.8. The molecule has 1 saturated heterocycles. The first-order chi connectivity index (χ1) is 24.4. The van der Waals surface area contributed by atoms with Gasteiger partial charge >= 0.3 is 36.8 Å². The van der Waals surface area contributed by atoms with E-state index in [2.05, 4.69) is 0 Å². The number of carbonyl (C=O) groups excluding carboxylic acids is 2. The van der Waals surface area contributed by atoms with Gasteiger partial charge in [-0.3, -0.25) is 9.69 Å². The summed E-state index contributed by atoms with van der Waals surface area (Å²) in [6, 6.07) is 2.64. The largest absolute Gasteiger partial charge is 0.496 e. The molecule has 1 aliphatic heterocycles. The Hall–Kier alpha value is -4.84. The average molecular weight is 776 g/mol. The van der Waals surface area contributed by atoms with Gasteiger partial charge in [0.05, 0.1) is 49.6 Å². The highest BCUT2D eigenvalue weighted by Gasteiger charge is 2.44. The number of alkyl halides is 12. The van der Waals surface area contributed by atoms with Crippen molar-refractivity contribution >= 4 is 12.1 Å². The molecule has 1 aliphatic rings. The standard InChI is InChI=1S/C34H29F12NO6/c1-4-51-28(48)6-5-9-52-27-14-24(26(50-3)15-25(27)34(44,45)46)23-8-7-20(31(35,36)37)12-19(23)16-47-17(2)29(53-30(47)49)18-10-21(32(38,39)40)13-22(11-18)33(41,42)43/h7-8,10-15,17,29H,4-6,9,16H2,1-3H3/t17?,29-/m0/s1. The molecule has 0 bridgehead atoms. The van der Waals surface area contributed by atoms with Crippen LogP contribution >= 0.6 is 0 Å². The van der Waals surface area contributed by atoms with Gasteiger partial charge in [-0.1, -0.05) is 6.07 Å². The lowest BCUT2D eigenvalue weighted by Gasteiger charge is -2.25. The lowest BCUT2D eigenvalue weighted by Crippen LogP contribution is -2.32. The van der Waals surface area contributed by atoms with Crippen LogP contribution in [0.4, 0.5) is 57.5 Å². The fourth-order valence-corrected chi connectivity index (χ4v) is 5.56. The summed E-state index contributed by atoms with van der Waals surface area (Å²) in [5.41, 5.74) is -7.50. The Labute approximate surface area is 293 Å². The van der Waals surface area contributed by atoms with E-state index in [0.717, 1.165) is 24.1 Å². The molecule has 0 spiro atoms. The molecule has 0 radical (unpaired) electrons. The Morgan fingerprint density at radius 2 is 1.38 bits per heavy atom. The maximum atomic E-state index is 14.1. The molecule has 1 amide bonds. The third kappa shape index (κ3) is 9.59.